The van der Waals surface area contributed by atoms with Gasteiger partial charge in [0.05, 0.1) is 0 Å². The van der Waals surface area contributed by atoms with Gasteiger partial charge in [-0.3, -0.25) is 0 Å². The number of allylic oxidation sites excluding steroid dienone is 1. The van der Waals surface area contributed by atoms with Crippen molar-refractivity contribution >= 4 is 6.08 Å². The standard InChI is InChI=1S/C29H36/c1-2-3-4-5-7-12-26-14-17-28(18-15-26)21-24-29-22-19-27(20-23-29)16-13-25-10-8-6-9-11-25/h7,12,14-15,17-20,22-23,25H,2-6,8-11,13,16H2,1H3/b12-7+. The fourth-order valence-electron chi connectivity index (χ4n) is 4.15. The van der Waals surface area contributed by atoms with Crippen molar-refractivity contribution in [2.45, 2.75) is 77.6 Å². The minimum atomic E-state index is 0.956. The van der Waals surface area contributed by atoms with Gasteiger partial charge in [0, 0.05) is 11.1 Å². The lowest BCUT2D eigenvalue weighted by atomic mass is 9.85. The maximum absolute atomic E-state index is 3.31. The van der Waals surface area contributed by atoms with E-state index in [2.05, 4.69) is 79.4 Å². The summed E-state index contributed by atoms with van der Waals surface area (Å²) in [6.45, 7) is 2.25. The van der Waals surface area contributed by atoms with Crippen molar-refractivity contribution in [3.8, 4) is 11.8 Å². The first kappa shape index (κ1) is 21.4. The van der Waals surface area contributed by atoms with Crippen molar-refractivity contribution in [3.63, 3.8) is 0 Å². The van der Waals surface area contributed by atoms with Gasteiger partial charge >= 0.3 is 0 Å². The number of benzene rings is 2. The normalized spacial score (nSPS) is 14.7. The summed E-state index contributed by atoms with van der Waals surface area (Å²) in [5.74, 6) is 7.57. The number of hydrogen-bond donors (Lipinski definition) is 0. The zero-order valence-electron chi connectivity index (χ0n) is 18.1. The summed E-state index contributed by atoms with van der Waals surface area (Å²) in [6, 6.07) is 17.4. The van der Waals surface area contributed by atoms with Crippen molar-refractivity contribution < 1.29 is 0 Å². The molecule has 0 heterocycles. The first-order valence-electron chi connectivity index (χ1n) is 11.7. The maximum Gasteiger partial charge on any atom is 0.0249 e. The van der Waals surface area contributed by atoms with Crippen LogP contribution in [0, 0.1) is 17.8 Å². The van der Waals surface area contributed by atoms with Crippen molar-refractivity contribution in [1.29, 1.82) is 0 Å². The molecule has 0 bridgehead atoms. The van der Waals surface area contributed by atoms with E-state index in [1.165, 1.54) is 81.8 Å². The summed E-state index contributed by atoms with van der Waals surface area (Å²) in [5, 5.41) is 0. The zero-order chi connectivity index (χ0) is 20.2. The topological polar surface area (TPSA) is 0 Å². The molecular weight excluding hydrogens is 348 g/mol. The molecule has 1 saturated carbocycles. The van der Waals surface area contributed by atoms with Crippen molar-refractivity contribution in [2.75, 3.05) is 0 Å². The van der Waals surface area contributed by atoms with E-state index in [9.17, 15) is 0 Å². The Morgan fingerprint density at radius 3 is 2.14 bits per heavy atom. The summed E-state index contributed by atoms with van der Waals surface area (Å²) < 4.78 is 0. The lowest BCUT2D eigenvalue weighted by molar-refractivity contribution is 0.339. The van der Waals surface area contributed by atoms with Crippen LogP contribution in [0.25, 0.3) is 6.08 Å². The quantitative estimate of drug-likeness (QED) is 0.318. The highest BCUT2D eigenvalue weighted by molar-refractivity contribution is 5.52. The molecule has 0 spiro atoms. The van der Waals surface area contributed by atoms with Gasteiger partial charge in [0.2, 0.25) is 0 Å². The molecule has 0 unspecified atom stereocenters. The lowest BCUT2D eigenvalue weighted by Crippen LogP contribution is -2.07. The highest BCUT2D eigenvalue weighted by Gasteiger charge is 2.12. The molecule has 0 amide bonds. The molecule has 3 rings (SSSR count). The second-order valence-corrected chi connectivity index (χ2v) is 8.51. The Labute approximate surface area is 178 Å². The Morgan fingerprint density at radius 1 is 0.828 bits per heavy atom. The van der Waals surface area contributed by atoms with E-state index < -0.39 is 0 Å². The molecule has 0 N–H and O–H groups in total. The van der Waals surface area contributed by atoms with Gasteiger partial charge in [-0.05, 0) is 67.0 Å². The van der Waals surface area contributed by atoms with E-state index in [-0.39, 0.29) is 0 Å². The molecule has 0 saturated heterocycles. The van der Waals surface area contributed by atoms with Gasteiger partial charge < -0.3 is 0 Å². The molecule has 0 nitrogen and oxygen atoms in total. The van der Waals surface area contributed by atoms with Gasteiger partial charge in [-0.25, -0.2) is 0 Å². The average Bonchev–Trinajstić information content (AvgIpc) is 2.78. The highest BCUT2D eigenvalue weighted by atomic mass is 14.2. The van der Waals surface area contributed by atoms with Crippen LogP contribution in [0.3, 0.4) is 0 Å². The van der Waals surface area contributed by atoms with Crippen LogP contribution in [0.4, 0.5) is 0 Å². The number of unbranched alkanes of at least 4 members (excludes halogenated alkanes) is 3. The average molecular weight is 385 g/mol. The van der Waals surface area contributed by atoms with Gasteiger partial charge in [0.25, 0.3) is 0 Å². The van der Waals surface area contributed by atoms with E-state index in [1.807, 2.05) is 0 Å². The number of aryl methyl sites for hydroxylation is 1. The largest absolute Gasteiger partial charge is 0.0839 e. The maximum atomic E-state index is 3.31. The van der Waals surface area contributed by atoms with Crippen LogP contribution in [0.5, 0.6) is 0 Å². The molecule has 0 aromatic heterocycles. The highest BCUT2D eigenvalue weighted by Crippen LogP contribution is 2.27. The minimum Gasteiger partial charge on any atom is -0.0839 e. The minimum absolute atomic E-state index is 0.956. The fraction of sp³-hybridized carbons (Fsp3) is 0.448. The molecule has 2 aromatic rings. The van der Waals surface area contributed by atoms with Gasteiger partial charge in [-0.15, -0.1) is 0 Å². The predicted octanol–water partition coefficient (Wildman–Crippen LogP) is 8.19. The molecule has 1 fully saturated rings. The molecule has 152 valence electrons. The summed E-state index contributed by atoms with van der Waals surface area (Å²) in [4.78, 5) is 0. The number of rotatable bonds is 8. The van der Waals surface area contributed by atoms with Crippen LogP contribution in [0.2, 0.25) is 0 Å². The Kier molecular flexibility index (Phi) is 9.12. The zero-order valence-corrected chi connectivity index (χ0v) is 18.1. The SMILES string of the molecule is CCCCC/C=C/c1ccc(C#Cc2ccc(CCC3CCCCC3)cc2)cc1. The first-order chi connectivity index (χ1) is 14.3. The smallest absolute Gasteiger partial charge is 0.0249 e. The van der Waals surface area contributed by atoms with Crippen molar-refractivity contribution in [1.82, 2.24) is 0 Å². The second-order valence-electron chi connectivity index (χ2n) is 8.51. The van der Waals surface area contributed by atoms with Crippen LogP contribution < -0.4 is 0 Å². The third-order valence-electron chi connectivity index (χ3n) is 6.07. The van der Waals surface area contributed by atoms with E-state index in [4.69, 9.17) is 0 Å². The molecule has 1 aliphatic carbocycles. The molecule has 29 heavy (non-hydrogen) atoms. The van der Waals surface area contributed by atoms with E-state index in [0.717, 1.165) is 17.0 Å². The summed E-state index contributed by atoms with van der Waals surface area (Å²) in [6.07, 6.45) is 19.3. The monoisotopic (exact) mass is 384 g/mol. The van der Waals surface area contributed by atoms with Gasteiger partial charge in [-0.2, -0.15) is 0 Å². The van der Waals surface area contributed by atoms with E-state index in [1.54, 1.807) is 0 Å². The van der Waals surface area contributed by atoms with Crippen LogP contribution >= 0.6 is 0 Å². The molecule has 0 heteroatoms. The summed E-state index contributed by atoms with van der Waals surface area (Å²) in [7, 11) is 0. The van der Waals surface area contributed by atoms with E-state index >= 15 is 0 Å². The summed E-state index contributed by atoms with van der Waals surface area (Å²) >= 11 is 0. The Balaban J connectivity index is 1.47. The number of hydrogen-bond acceptors (Lipinski definition) is 0. The molecule has 0 radical (unpaired) electrons. The lowest BCUT2D eigenvalue weighted by Gasteiger charge is -2.21. The third-order valence-corrected chi connectivity index (χ3v) is 6.07. The Bertz CT molecular complexity index is 790. The molecule has 2 aromatic carbocycles. The van der Waals surface area contributed by atoms with Crippen molar-refractivity contribution in [3.05, 3.63) is 76.9 Å². The van der Waals surface area contributed by atoms with Crippen LogP contribution in [0.1, 0.15) is 93.4 Å². The van der Waals surface area contributed by atoms with Crippen LogP contribution in [-0.2, 0) is 6.42 Å². The molecular formula is C29H36. The van der Waals surface area contributed by atoms with Gasteiger partial charge in [0.15, 0.2) is 0 Å². The Morgan fingerprint density at radius 2 is 1.48 bits per heavy atom. The Hall–Kier alpha value is -2.26. The second kappa shape index (κ2) is 12.3. The fourth-order valence-corrected chi connectivity index (χ4v) is 4.15. The third kappa shape index (κ3) is 7.94. The van der Waals surface area contributed by atoms with Crippen molar-refractivity contribution in [2.24, 2.45) is 5.92 Å². The first-order valence-corrected chi connectivity index (χ1v) is 11.7. The van der Waals surface area contributed by atoms with Gasteiger partial charge in [-0.1, -0.05) is 100 Å². The molecule has 0 atom stereocenters. The molecule has 1 aliphatic rings. The van der Waals surface area contributed by atoms with E-state index in [0.29, 0.717) is 0 Å². The van der Waals surface area contributed by atoms with Crippen LogP contribution in [0.15, 0.2) is 54.6 Å². The van der Waals surface area contributed by atoms with Gasteiger partial charge in [0.1, 0.15) is 0 Å². The molecule has 0 aliphatic heterocycles. The van der Waals surface area contributed by atoms with Crippen LogP contribution in [-0.4, -0.2) is 0 Å². The predicted molar refractivity (Wildman–Crippen MR) is 127 cm³/mol. The summed E-state index contributed by atoms with van der Waals surface area (Å²) in [5.41, 5.74) is 4.89.